The zero-order chi connectivity index (χ0) is 22.4. The summed E-state index contributed by atoms with van der Waals surface area (Å²) in [5.41, 5.74) is 1.42. The van der Waals surface area contributed by atoms with Gasteiger partial charge in [0.25, 0.3) is 0 Å². The van der Waals surface area contributed by atoms with Gasteiger partial charge < -0.3 is 20.3 Å². The molecule has 0 aliphatic carbocycles. The first kappa shape index (κ1) is 25.0. The third kappa shape index (κ3) is 9.06. The number of guanidine groups is 1. The van der Waals surface area contributed by atoms with E-state index >= 15 is 0 Å². The lowest BCUT2D eigenvalue weighted by Gasteiger charge is -2.34. The van der Waals surface area contributed by atoms with Crippen LogP contribution in [-0.4, -0.2) is 105 Å². The van der Waals surface area contributed by atoms with Crippen molar-refractivity contribution >= 4 is 5.96 Å². The molecule has 2 aliphatic rings. The van der Waals surface area contributed by atoms with E-state index in [1.54, 1.807) is 0 Å². The molecular weight excluding hydrogens is 400 g/mol. The summed E-state index contributed by atoms with van der Waals surface area (Å²) in [6, 6.07) is 11.3. The number of nitrogens with zero attached hydrogens (tertiary/aromatic N) is 4. The number of unbranched alkanes of at least 4 members (excludes halogenated alkanes) is 1. The van der Waals surface area contributed by atoms with Gasteiger partial charge in [0.05, 0.1) is 19.8 Å². The summed E-state index contributed by atoms with van der Waals surface area (Å²) < 4.78 is 5.46. The van der Waals surface area contributed by atoms with Crippen LogP contribution in [0.2, 0.25) is 0 Å². The third-order valence-corrected chi connectivity index (χ3v) is 6.43. The van der Waals surface area contributed by atoms with Crippen molar-refractivity contribution in [2.45, 2.75) is 39.3 Å². The molecule has 0 saturated carbocycles. The molecule has 32 heavy (non-hydrogen) atoms. The smallest absolute Gasteiger partial charge is 0.191 e. The van der Waals surface area contributed by atoms with E-state index in [0.29, 0.717) is 6.04 Å². The summed E-state index contributed by atoms with van der Waals surface area (Å²) in [7, 11) is 0. The number of rotatable bonds is 11. The Morgan fingerprint density at radius 1 is 0.969 bits per heavy atom. The Morgan fingerprint density at radius 2 is 1.69 bits per heavy atom. The third-order valence-electron chi connectivity index (χ3n) is 6.43. The number of morpholine rings is 1. The number of hydrogen-bond donors (Lipinski definition) is 2. The molecule has 1 aromatic rings. The van der Waals surface area contributed by atoms with Crippen LogP contribution in [0, 0.1) is 0 Å². The van der Waals surface area contributed by atoms with Gasteiger partial charge in [0.1, 0.15) is 0 Å². The summed E-state index contributed by atoms with van der Waals surface area (Å²) in [4.78, 5) is 12.5. The molecule has 1 unspecified atom stereocenters. The second-order valence-electron chi connectivity index (χ2n) is 8.95. The molecule has 180 valence electrons. The maximum atomic E-state index is 5.46. The topological polar surface area (TPSA) is 55.4 Å². The molecule has 7 heteroatoms. The molecule has 2 heterocycles. The monoisotopic (exact) mass is 444 g/mol. The predicted octanol–water partition coefficient (Wildman–Crippen LogP) is 1.86. The first-order chi connectivity index (χ1) is 15.7. The number of aliphatic imine (C=N–C) groups is 1. The fourth-order valence-corrected chi connectivity index (χ4v) is 4.38. The second-order valence-corrected chi connectivity index (χ2v) is 8.95. The number of hydrogen-bond acceptors (Lipinski definition) is 5. The van der Waals surface area contributed by atoms with Crippen molar-refractivity contribution in [2.24, 2.45) is 4.99 Å². The Hall–Kier alpha value is -1.67. The Bertz CT molecular complexity index is 641. The molecule has 2 N–H and O–H groups in total. The van der Waals surface area contributed by atoms with Gasteiger partial charge in [-0.3, -0.25) is 14.8 Å². The van der Waals surface area contributed by atoms with Crippen LogP contribution in [0.5, 0.6) is 0 Å². The summed E-state index contributed by atoms with van der Waals surface area (Å²) in [6.45, 7) is 17.8. The van der Waals surface area contributed by atoms with Crippen molar-refractivity contribution in [2.75, 3.05) is 78.7 Å². The number of nitrogens with one attached hydrogen (secondary N) is 2. The lowest BCUT2D eigenvalue weighted by atomic mass is 10.2. The van der Waals surface area contributed by atoms with Gasteiger partial charge in [-0.25, -0.2) is 0 Å². The van der Waals surface area contributed by atoms with Crippen LogP contribution in [0.1, 0.15) is 32.3 Å². The van der Waals surface area contributed by atoms with Crippen molar-refractivity contribution < 1.29 is 4.74 Å². The van der Waals surface area contributed by atoms with Crippen LogP contribution >= 0.6 is 0 Å². The maximum absolute atomic E-state index is 5.46. The summed E-state index contributed by atoms with van der Waals surface area (Å²) in [5.74, 6) is 0.946. The van der Waals surface area contributed by atoms with E-state index in [9.17, 15) is 0 Å². The molecule has 3 rings (SSSR count). The summed E-state index contributed by atoms with van der Waals surface area (Å²) in [5, 5.41) is 6.91. The van der Waals surface area contributed by atoms with Gasteiger partial charge in [0, 0.05) is 64.9 Å². The molecule has 2 fully saturated rings. The van der Waals surface area contributed by atoms with E-state index in [4.69, 9.17) is 9.73 Å². The van der Waals surface area contributed by atoms with Crippen LogP contribution in [0.3, 0.4) is 0 Å². The van der Waals surface area contributed by atoms with E-state index in [1.807, 2.05) is 0 Å². The van der Waals surface area contributed by atoms with Crippen LogP contribution in [0.25, 0.3) is 0 Å². The summed E-state index contributed by atoms with van der Waals surface area (Å²) in [6.07, 6.45) is 2.41. The quantitative estimate of drug-likeness (QED) is 0.309. The van der Waals surface area contributed by atoms with Gasteiger partial charge in [0.15, 0.2) is 5.96 Å². The van der Waals surface area contributed by atoms with E-state index in [2.05, 4.69) is 69.5 Å². The van der Waals surface area contributed by atoms with Crippen molar-refractivity contribution in [3.63, 3.8) is 0 Å². The number of ether oxygens (including phenoxy) is 1. The number of benzene rings is 1. The van der Waals surface area contributed by atoms with Crippen LogP contribution in [-0.2, 0) is 11.3 Å². The molecule has 0 aromatic heterocycles. The van der Waals surface area contributed by atoms with Crippen LogP contribution < -0.4 is 10.6 Å². The fraction of sp³-hybridized carbons (Fsp3) is 0.720. The van der Waals surface area contributed by atoms with Crippen LogP contribution in [0.4, 0.5) is 0 Å². The highest BCUT2D eigenvalue weighted by Crippen LogP contribution is 2.09. The van der Waals surface area contributed by atoms with Gasteiger partial charge in [-0.1, -0.05) is 30.3 Å². The molecule has 0 amide bonds. The molecule has 0 radical (unpaired) electrons. The highest BCUT2D eigenvalue weighted by Gasteiger charge is 2.17. The molecule has 2 aliphatic heterocycles. The standard InChI is InChI=1S/C25H44N6O/c1-3-26-25(28-21-23(2)31-17-19-32-20-18-31)27-11-7-8-12-29-13-15-30(16-14-29)22-24-9-5-4-6-10-24/h4-6,9-10,23H,3,7-8,11-22H2,1-2H3,(H2,26,27,28). The van der Waals surface area contributed by atoms with Crippen molar-refractivity contribution in [1.29, 1.82) is 0 Å². The average molecular weight is 445 g/mol. The van der Waals surface area contributed by atoms with E-state index in [-0.39, 0.29) is 0 Å². The molecule has 1 aromatic carbocycles. The van der Waals surface area contributed by atoms with Crippen molar-refractivity contribution in [1.82, 2.24) is 25.3 Å². The average Bonchev–Trinajstić information content (AvgIpc) is 2.84. The Balaban J connectivity index is 1.26. The lowest BCUT2D eigenvalue weighted by Crippen LogP contribution is -2.46. The Kier molecular flexibility index (Phi) is 11.3. The van der Waals surface area contributed by atoms with E-state index in [1.165, 1.54) is 51.1 Å². The first-order valence-electron chi connectivity index (χ1n) is 12.6. The van der Waals surface area contributed by atoms with Gasteiger partial charge in [-0.05, 0) is 38.8 Å². The van der Waals surface area contributed by atoms with Crippen molar-refractivity contribution in [3.8, 4) is 0 Å². The van der Waals surface area contributed by atoms with Crippen LogP contribution in [0.15, 0.2) is 35.3 Å². The van der Waals surface area contributed by atoms with Crippen molar-refractivity contribution in [3.05, 3.63) is 35.9 Å². The summed E-state index contributed by atoms with van der Waals surface area (Å²) >= 11 is 0. The van der Waals surface area contributed by atoms with Gasteiger partial charge in [-0.15, -0.1) is 0 Å². The minimum Gasteiger partial charge on any atom is -0.379 e. The molecule has 1 atom stereocenters. The first-order valence-corrected chi connectivity index (χ1v) is 12.6. The minimum absolute atomic E-state index is 0.454. The SMILES string of the molecule is CCNC(=NCC(C)N1CCOCC1)NCCCCN1CCN(Cc2ccccc2)CC1. The number of piperazine rings is 1. The highest BCUT2D eigenvalue weighted by atomic mass is 16.5. The van der Waals surface area contributed by atoms with Gasteiger partial charge in [0.2, 0.25) is 0 Å². The largest absolute Gasteiger partial charge is 0.379 e. The zero-order valence-electron chi connectivity index (χ0n) is 20.3. The molecule has 0 spiro atoms. The Labute approximate surface area is 195 Å². The molecular formula is C25H44N6O. The highest BCUT2D eigenvalue weighted by molar-refractivity contribution is 5.79. The van der Waals surface area contributed by atoms with E-state index in [0.717, 1.165) is 58.4 Å². The zero-order valence-corrected chi connectivity index (χ0v) is 20.3. The fourth-order valence-electron chi connectivity index (χ4n) is 4.38. The minimum atomic E-state index is 0.454. The van der Waals surface area contributed by atoms with Gasteiger partial charge in [-0.2, -0.15) is 0 Å². The van der Waals surface area contributed by atoms with E-state index < -0.39 is 0 Å². The maximum Gasteiger partial charge on any atom is 0.191 e. The predicted molar refractivity (Wildman–Crippen MR) is 133 cm³/mol. The molecule has 7 nitrogen and oxygen atoms in total. The lowest BCUT2D eigenvalue weighted by molar-refractivity contribution is 0.0220. The molecule has 0 bridgehead atoms. The second kappa shape index (κ2) is 14.5. The molecule has 2 saturated heterocycles. The van der Waals surface area contributed by atoms with Gasteiger partial charge >= 0.3 is 0 Å². The Morgan fingerprint density at radius 3 is 2.41 bits per heavy atom. The normalized spacial score (nSPS) is 20.2.